The zero-order valence-corrected chi connectivity index (χ0v) is 14.0. The van der Waals surface area contributed by atoms with Gasteiger partial charge in [0.1, 0.15) is 0 Å². The van der Waals surface area contributed by atoms with Crippen molar-refractivity contribution < 1.29 is 20.1 Å². The van der Waals surface area contributed by atoms with E-state index in [4.69, 9.17) is 0 Å². The van der Waals surface area contributed by atoms with Crippen LogP contribution in [0.5, 0.6) is 17.2 Å². The molecule has 0 saturated heterocycles. The number of hydrogen-bond acceptors (Lipinski definition) is 4. The zero-order chi connectivity index (χ0) is 17.1. The Morgan fingerprint density at radius 1 is 0.870 bits per heavy atom. The van der Waals surface area contributed by atoms with Crippen molar-refractivity contribution in [2.45, 2.75) is 71.1 Å². The van der Waals surface area contributed by atoms with E-state index in [9.17, 15) is 20.1 Å². The van der Waals surface area contributed by atoms with E-state index < -0.39 is 17.2 Å². The lowest BCUT2D eigenvalue weighted by Gasteiger charge is -2.08. The van der Waals surface area contributed by atoms with Gasteiger partial charge >= 0.3 is 0 Å². The maximum atomic E-state index is 11.8. The van der Waals surface area contributed by atoms with Crippen LogP contribution in [0.3, 0.4) is 0 Å². The Balaban J connectivity index is 2.13. The number of unbranched alkanes of at least 4 members (excludes halogenated alkanes) is 8. The summed E-state index contributed by atoms with van der Waals surface area (Å²) >= 11 is 0. The molecule has 0 spiro atoms. The SMILES string of the molecule is CCCCCCCCCCCC(=O)Nc1cc(O)c(O)c(O)c1. The molecule has 1 aromatic rings. The number of aromatic hydroxyl groups is 3. The van der Waals surface area contributed by atoms with Crippen molar-refractivity contribution in [3.8, 4) is 17.2 Å². The summed E-state index contributed by atoms with van der Waals surface area (Å²) < 4.78 is 0. The lowest BCUT2D eigenvalue weighted by molar-refractivity contribution is -0.116. The Kier molecular flexibility index (Phi) is 8.95. The highest BCUT2D eigenvalue weighted by Gasteiger charge is 2.10. The Morgan fingerprint density at radius 2 is 1.35 bits per heavy atom. The first-order valence-corrected chi connectivity index (χ1v) is 8.59. The number of phenolic OH excluding ortho intramolecular Hbond substituents is 3. The van der Waals surface area contributed by atoms with E-state index in [0.29, 0.717) is 6.42 Å². The number of nitrogens with one attached hydrogen (secondary N) is 1. The number of phenols is 3. The number of hydrogen-bond donors (Lipinski definition) is 4. The van der Waals surface area contributed by atoms with Gasteiger partial charge in [0.25, 0.3) is 0 Å². The minimum Gasteiger partial charge on any atom is -0.504 e. The number of rotatable bonds is 11. The molecule has 1 amide bonds. The van der Waals surface area contributed by atoms with Gasteiger partial charge in [-0.05, 0) is 6.42 Å². The summed E-state index contributed by atoms with van der Waals surface area (Å²) in [6.07, 6.45) is 11.2. The summed E-state index contributed by atoms with van der Waals surface area (Å²) in [6.45, 7) is 2.21. The van der Waals surface area contributed by atoms with Gasteiger partial charge in [-0.25, -0.2) is 0 Å². The van der Waals surface area contributed by atoms with Crippen LogP contribution in [0.15, 0.2) is 12.1 Å². The molecule has 5 nitrogen and oxygen atoms in total. The highest BCUT2D eigenvalue weighted by atomic mass is 16.3. The van der Waals surface area contributed by atoms with Gasteiger partial charge in [0, 0.05) is 24.2 Å². The molecule has 0 heterocycles. The first-order chi connectivity index (χ1) is 11.0. The van der Waals surface area contributed by atoms with E-state index >= 15 is 0 Å². The molecule has 0 aliphatic carbocycles. The molecule has 0 saturated carbocycles. The first-order valence-electron chi connectivity index (χ1n) is 8.59. The third-order valence-electron chi connectivity index (χ3n) is 3.86. The van der Waals surface area contributed by atoms with E-state index in [-0.39, 0.29) is 11.6 Å². The molecule has 130 valence electrons. The number of benzene rings is 1. The molecule has 0 aliphatic heterocycles. The fourth-order valence-electron chi connectivity index (χ4n) is 2.50. The summed E-state index contributed by atoms with van der Waals surface area (Å²) in [6, 6.07) is 2.42. The first kappa shape index (κ1) is 19.1. The molecule has 0 radical (unpaired) electrons. The fourth-order valence-corrected chi connectivity index (χ4v) is 2.50. The lowest BCUT2D eigenvalue weighted by atomic mass is 10.1. The van der Waals surface area contributed by atoms with Crippen LogP contribution in [0.1, 0.15) is 71.1 Å². The highest BCUT2D eigenvalue weighted by molar-refractivity contribution is 5.91. The number of amides is 1. The molecule has 0 bridgehead atoms. The van der Waals surface area contributed by atoms with Gasteiger partial charge in [0.2, 0.25) is 5.91 Å². The molecular weight excluding hydrogens is 294 g/mol. The second kappa shape index (κ2) is 10.8. The van der Waals surface area contributed by atoms with E-state index in [1.807, 2.05) is 0 Å². The normalized spacial score (nSPS) is 10.7. The van der Waals surface area contributed by atoms with Gasteiger partial charge < -0.3 is 20.6 Å². The molecule has 1 aromatic carbocycles. The average Bonchev–Trinajstić information content (AvgIpc) is 2.51. The van der Waals surface area contributed by atoms with Crippen LogP contribution < -0.4 is 5.32 Å². The maximum absolute atomic E-state index is 11.8. The quantitative estimate of drug-likeness (QED) is 0.271. The largest absolute Gasteiger partial charge is 0.504 e. The van der Waals surface area contributed by atoms with Crippen LogP contribution in [-0.2, 0) is 4.79 Å². The molecule has 5 heteroatoms. The Labute approximate surface area is 138 Å². The predicted molar refractivity (Wildman–Crippen MR) is 91.9 cm³/mol. The van der Waals surface area contributed by atoms with Crippen molar-refractivity contribution >= 4 is 11.6 Å². The average molecular weight is 323 g/mol. The van der Waals surface area contributed by atoms with Gasteiger partial charge in [-0.1, -0.05) is 58.3 Å². The molecule has 23 heavy (non-hydrogen) atoms. The fraction of sp³-hybridized carbons (Fsp3) is 0.611. The predicted octanol–water partition coefficient (Wildman–Crippen LogP) is 4.66. The molecule has 0 atom stereocenters. The number of carbonyl (C=O) groups is 1. The van der Waals surface area contributed by atoms with Crippen LogP contribution in [0, 0.1) is 0 Å². The summed E-state index contributed by atoms with van der Waals surface area (Å²) in [7, 11) is 0. The van der Waals surface area contributed by atoms with E-state index in [1.54, 1.807) is 0 Å². The van der Waals surface area contributed by atoms with Crippen molar-refractivity contribution in [1.29, 1.82) is 0 Å². The summed E-state index contributed by atoms with van der Waals surface area (Å²) in [4.78, 5) is 11.8. The van der Waals surface area contributed by atoms with E-state index in [2.05, 4.69) is 12.2 Å². The monoisotopic (exact) mass is 323 g/mol. The third kappa shape index (κ3) is 7.77. The minimum atomic E-state index is -0.582. The van der Waals surface area contributed by atoms with Crippen LogP contribution in [0.25, 0.3) is 0 Å². The maximum Gasteiger partial charge on any atom is 0.224 e. The molecule has 1 rings (SSSR count). The minimum absolute atomic E-state index is 0.155. The van der Waals surface area contributed by atoms with Crippen molar-refractivity contribution in [2.75, 3.05) is 5.32 Å². The topological polar surface area (TPSA) is 89.8 Å². The van der Waals surface area contributed by atoms with Crippen LogP contribution in [0.2, 0.25) is 0 Å². The molecular formula is C18H29NO4. The van der Waals surface area contributed by atoms with Crippen LogP contribution in [0.4, 0.5) is 5.69 Å². The lowest BCUT2D eigenvalue weighted by Crippen LogP contribution is -2.10. The van der Waals surface area contributed by atoms with Gasteiger partial charge in [-0.3, -0.25) is 4.79 Å². The summed E-state index contributed by atoms with van der Waals surface area (Å²) in [5, 5.41) is 30.6. The molecule has 0 fully saturated rings. The highest BCUT2D eigenvalue weighted by Crippen LogP contribution is 2.37. The Bertz CT molecular complexity index is 465. The number of carbonyl (C=O) groups excluding carboxylic acids is 1. The van der Waals surface area contributed by atoms with Gasteiger partial charge in [-0.15, -0.1) is 0 Å². The Morgan fingerprint density at radius 3 is 1.87 bits per heavy atom. The summed E-state index contributed by atoms with van der Waals surface area (Å²) in [5.41, 5.74) is 0.277. The standard InChI is InChI=1S/C18H29NO4/c1-2-3-4-5-6-7-8-9-10-11-17(22)19-14-12-15(20)18(23)16(21)13-14/h12-13,20-21,23H,2-11H2,1H3,(H,19,22). The van der Waals surface area contributed by atoms with Crippen LogP contribution in [-0.4, -0.2) is 21.2 Å². The summed E-state index contributed by atoms with van der Waals surface area (Å²) in [5.74, 6) is -1.65. The van der Waals surface area contributed by atoms with Gasteiger partial charge in [-0.2, -0.15) is 0 Å². The van der Waals surface area contributed by atoms with E-state index in [1.165, 1.54) is 50.7 Å². The van der Waals surface area contributed by atoms with Crippen molar-refractivity contribution in [1.82, 2.24) is 0 Å². The molecule has 0 aliphatic rings. The number of anilines is 1. The van der Waals surface area contributed by atoms with Crippen LogP contribution >= 0.6 is 0 Å². The van der Waals surface area contributed by atoms with Crippen molar-refractivity contribution in [2.24, 2.45) is 0 Å². The van der Waals surface area contributed by atoms with Crippen molar-refractivity contribution in [3.05, 3.63) is 12.1 Å². The van der Waals surface area contributed by atoms with Gasteiger partial charge in [0.15, 0.2) is 17.2 Å². The Hall–Kier alpha value is -1.91. The second-order valence-corrected chi connectivity index (χ2v) is 5.99. The van der Waals surface area contributed by atoms with Gasteiger partial charge in [0.05, 0.1) is 0 Å². The van der Waals surface area contributed by atoms with E-state index in [0.717, 1.165) is 19.3 Å². The third-order valence-corrected chi connectivity index (χ3v) is 3.86. The smallest absolute Gasteiger partial charge is 0.224 e. The second-order valence-electron chi connectivity index (χ2n) is 5.99. The molecule has 0 unspecified atom stereocenters. The zero-order valence-electron chi connectivity index (χ0n) is 14.0. The molecule has 4 N–H and O–H groups in total. The molecule has 0 aromatic heterocycles. The van der Waals surface area contributed by atoms with Crippen molar-refractivity contribution in [3.63, 3.8) is 0 Å².